The van der Waals surface area contributed by atoms with Gasteiger partial charge in [-0.2, -0.15) is 5.43 Å². The number of fused-ring (bicyclic) bond motifs is 1. The number of nitrogens with one attached hydrogen (secondary N) is 2. The van der Waals surface area contributed by atoms with Crippen LogP contribution < -0.4 is 22.3 Å². The molecule has 1 aliphatic heterocycles. The number of pyridine rings is 1. The topological polar surface area (TPSA) is 106 Å². The molecule has 6 N–H and O–H groups in total. The van der Waals surface area contributed by atoms with Gasteiger partial charge in [-0.05, 0) is 12.1 Å². The second kappa shape index (κ2) is 2.94. The summed E-state index contributed by atoms with van der Waals surface area (Å²) in [5.41, 5.74) is 18.7. The fraction of sp³-hybridized carbons (Fsp3) is 0.111. The minimum atomic E-state index is -1.03. The predicted molar refractivity (Wildman–Crippen MR) is 59.0 cm³/mol. The van der Waals surface area contributed by atoms with Gasteiger partial charge in [-0.25, -0.2) is 9.98 Å². The molecule has 0 radical (unpaired) electrons. The standard InChI is InChI=1S/C9H11N7/c10-8-13-9(11,15-14-8)6-1-2-7-12-3-4-16(7)5-6/h1-5,15H,11H2,(H3,10,13,14). The number of rotatable bonds is 1. The molecule has 2 aromatic heterocycles. The summed E-state index contributed by atoms with van der Waals surface area (Å²) >= 11 is 0. The first kappa shape index (κ1) is 9.13. The number of guanidine groups is 1. The first-order valence-electron chi connectivity index (χ1n) is 4.78. The molecule has 0 amide bonds. The molecule has 0 bridgehead atoms. The third-order valence-corrected chi connectivity index (χ3v) is 2.51. The third-order valence-electron chi connectivity index (χ3n) is 2.51. The zero-order chi connectivity index (χ0) is 11.2. The van der Waals surface area contributed by atoms with E-state index < -0.39 is 5.79 Å². The van der Waals surface area contributed by atoms with E-state index in [-0.39, 0.29) is 5.96 Å². The van der Waals surface area contributed by atoms with Crippen LogP contribution in [0, 0.1) is 0 Å². The molecule has 3 heterocycles. The summed E-state index contributed by atoms with van der Waals surface area (Å²) in [5.74, 6) is -0.754. The Labute approximate surface area is 91.1 Å². The van der Waals surface area contributed by atoms with Crippen molar-refractivity contribution in [2.45, 2.75) is 5.79 Å². The van der Waals surface area contributed by atoms with Gasteiger partial charge in [0, 0.05) is 24.2 Å². The second-order valence-electron chi connectivity index (χ2n) is 3.62. The van der Waals surface area contributed by atoms with Crippen molar-refractivity contribution < 1.29 is 0 Å². The van der Waals surface area contributed by atoms with E-state index in [4.69, 9.17) is 11.5 Å². The van der Waals surface area contributed by atoms with Gasteiger partial charge in [0.15, 0.2) is 0 Å². The molecule has 7 nitrogen and oxygen atoms in total. The lowest BCUT2D eigenvalue weighted by atomic mass is 10.1. The van der Waals surface area contributed by atoms with Gasteiger partial charge in [-0.3, -0.25) is 11.2 Å². The summed E-state index contributed by atoms with van der Waals surface area (Å²) in [6.45, 7) is 0. The van der Waals surface area contributed by atoms with Gasteiger partial charge in [0.1, 0.15) is 5.65 Å². The van der Waals surface area contributed by atoms with E-state index in [1.54, 1.807) is 6.20 Å². The summed E-state index contributed by atoms with van der Waals surface area (Å²) in [6.07, 6.45) is 5.43. The maximum Gasteiger partial charge on any atom is 0.210 e. The fourth-order valence-electron chi connectivity index (χ4n) is 1.69. The lowest BCUT2D eigenvalue weighted by Crippen LogP contribution is -2.50. The molecular formula is C9H11N7. The van der Waals surface area contributed by atoms with Crippen LogP contribution in [0.3, 0.4) is 0 Å². The molecule has 3 rings (SSSR count). The van der Waals surface area contributed by atoms with E-state index >= 15 is 0 Å². The number of nitrogens with two attached hydrogens (primary N) is 2. The van der Waals surface area contributed by atoms with Gasteiger partial charge in [0.2, 0.25) is 11.7 Å². The molecule has 1 aliphatic rings. The molecule has 7 heteroatoms. The highest BCUT2D eigenvalue weighted by molar-refractivity contribution is 5.79. The molecule has 0 spiro atoms. The van der Waals surface area contributed by atoms with Crippen LogP contribution in [0.4, 0.5) is 0 Å². The Kier molecular flexibility index (Phi) is 1.68. The second-order valence-corrected chi connectivity index (χ2v) is 3.62. The van der Waals surface area contributed by atoms with Gasteiger partial charge in [-0.1, -0.05) is 0 Å². The Hall–Kier alpha value is -2.12. The predicted octanol–water partition coefficient (Wildman–Crippen LogP) is -1.17. The molecule has 0 aliphatic carbocycles. The monoisotopic (exact) mass is 217 g/mol. The van der Waals surface area contributed by atoms with Crippen molar-refractivity contribution in [1.82, 2.24) is 20.2 Å². The molecule has 16 heavy (non-hydrogen) atoms. The molecule has 82 valence electrons. The third kappa shape index (κ3) is 1.23. The van der Waals surface area contributed by atoms with Crippen molar-refractivity contribution in [2.24, 2.45) is 16.5 Å². The number of hydrogen-bond donors (Lipinski definition) is 4. The smallest absolute Gasteiger partial charge is 0.210 e. The fourth-order valence-corrected chi connectivity index (χ4v) is 1.69. The van der Waals surface area contributed by atoms with Gasteiger partial charge < -0.3 is 10.1 Å². The van der Waals surface area contributed by atoms with E-state index in [9.17, 15) is 0 Å². The average Bonchev–Trinajstić information content (AvgIpc) is 2.84. The van der Waals surface area contributed by atoms with E-state index in [0.29, 0.717) is 0 Å². The molecule has 1 unspecified atom stereocenters. The van der Waals surface area contributed by atoms with Crippen LogP contribution >= 0.6 is 0 Å². The summed E-state index contributed by atoms with van der Waals surface area (Å²) in [5, 5.41) is 0. The van der Waals surface area contributed by atoms with Gasteiger partial charge in [0.25, 0.3) is 0 Å². The summed E-state index contributed by atoms with van der Waals surface area (Å²) < 4.78 is 1.87. The molecule has 0 fully saturated rings. The van der Waals surface area contributed by atoms with Crippen LogP contribution in [0.1, 0.15) is 5.56 Å². The van der Waals surface area contributed by atoms with Crippen molar-refractivity contribution in [3.05, 3.63) is 36.3 Å². The molecule has 1 atom stereocenters. The van der Waals surface area contributed by atoms with E-state index in [1.807, 2.05) is 28.9 Å². The van der Waals surface area contributed by atoms with Crippen LogP contribution in [-0.2, 0) is 5.79 Å². The Morgan fingerprint density at radius 3 is 3.00 bits per heavy atom. The number of hydrazine groups is 1. The number of hydrogen-bond acceptors (Lipinski definition) is 6. The SMILES string of the molecule is NC1=NC(N)(c2ccc3nccn3c2)NN1. The summed E-state index contributed by atoms with van der Waals surface area (Å²) in [6, 6.07) is 3.73. The van der Waals surface area contributed by atoms with Crippen LogP contribution in [0.2, 0.25) is 0 Å². The quantitative estimate of drug-likeness (QED) is 0.481. The first-order chi connectivity index (χ1) is 7.67. The minimum absolute atomic E-state index is 0.272. The molecule has 0 saturated heterocycles. The van der Waals surface area contributed by atoms with Crippen molar-refractivity contribution in [2.75, 3.05) is 0 Å². The number of aromatic nitrogens is 2. The van der Waals surface area contributed by atoms with Crippen LogP contribution in [0.5, 0.6) is 0 Å². The Morgan fingerprint density at radius 1 is 1.38 bits per heavy atom. The van der Waals surface area contributed by atoms with Crippen LogP contribution in [-0.4, -0.2) is 15.3 Å². The van der Waals surface area contributed by atoms with Gasteiger partial charge in [-0.15, -0.1) is 0 Å². The van der Waals surface area contributed by atoms with Crippen LogP contribution in [0.15, 0.2) is 35.7 Å². The lowest BCUT2D eigenvalue weighted by Gasteiger charge is -2.20. The summed E-state index contributed by atoms with van der Waals surface area (Å²) in [7, 11) is 0. The highest BCUT2D eigenvalue weighted by atomic mass is 15.6. The Morgan fingerprint density at radius 2 is 2.25 bits per heavy atom. The molecule has 0 aromatic carbocycles. The van der Waals surface area contributed by atoms with E-state index in [0.717, 1.165) is 11.2 Å². The molecule has 0 saturated carbocycles. The molecule has 2 aromatic rings. The molecular weight excluding hydrogens is 206 g/mol. The normalized spacial score (nSPS) is 24.4. The number of nitrogens with zero attached hydrogens (tertiary/aromatic N) is 3. The Balaban J connectivity index is 2.12. The van der Waals surface area contributed by atoms with Crippen molar-refractivity contribution >= 4 is 11.6 Å². The summed E-state index contributed by atoms with van der Waals surface area (Å²) in [4.78, 5) is 8.25. The van der Waals surface area contributed by atoms with E-state index in [1.165, 1.54) is 0 Å². The number of aliphatic imine (C=N–C) groups is 1. The first-order valence-corrected chi connectivity index (χ1v) is 4.78. The zero-order valence-corrected chi connectivity index (χ0v) is 8.38. The maximum atomic E-state index is 6.06. The number of imidazole rings is 1. The Bertz CT molecular complexity index is 572. The maximum absolute atomic E-state index is 6.06. The zero-order valence-electron chi connectivity index (χ0n) is 8.38. The van der Waals surface area contributed by atoms with Crippen molar-refractivity contribution in [3.8, 4) is 0 Å². The minimum Gasteiger partial charge on any atom is -0.369 e. The van der Waals surface area contributed by atoms with Crippen molar-refractivity contribution in [1.29, 1.82) is 0 Å². The van der Waals surface area contributed by atoms with Gasteiger partial charge >= 0.3 is 0 Å². The van der Waals surface area contributed by atoms with Crippen LogP contribution in [0.25, 0.3) is 5.65 Å². The van der Waals surface area contributed by atoms with Crippen molar-refractivity contribution in [3.63, 3.8) is 0 Å². The highest BCUT2D eigenvalue weighted by Crippen LogP contribution is 2.18. The van der Waals surface area contributed by atoms with E-state index in [2.05, 4.69) is 20.8 Å². The largest absolute Gasteiger partial charge is 0.369 e. The van der Waals surface area contributed by atoms with Gasteiger partial charge in [0.05, 0.1) is 0 Å². The highest BCUT2D eigenvalue weighted by Gasteiger charge is 2.31. The average molecular weight is 217 g/mol. The lowest BCUT2D eigenvalue weighted by molar-refractivity contribution is 0.374.